The zero-order chi connectivity index (χ0) is 22.1. The van der Waals surface area contributed by atoms with Gasteiger partial charge in [0.25, 0.3) is 14.3 Å². The first-order valence-electron chi connectivity index (χ1n) is 10.5. The molecule has 3 atom stereocenters. The molecule has 0 aliphatic heterocycles. The van der Waals surface area contributed by atoms with Crippen LogP contribution >= 0.6 is 0 Å². The maximum atomic E-state index is 13.1. The standard InChI is InChI=1S/C21H42O5Si2/c1-12-24-18(22)16-13-15(25-27(8,9)20(2,3)4)14-17(16)19(23)26-28(10,11)21(5,6)7/h15-17H,12-14H2,1-11H3/t15?,16-,17-/m1/s1. The van der Waals surface area contributed by atoms with Crippen LogP contribution in [0.2, 0.25) is 36.3 Å². The van der Waals surface area contributed by atoms with Gasteiger partial charge in [0.05, 0.1) is 18.4 Å². The molecule has 1 rings (SSSR count). The lowest BCUT2D eigenvalue weighted by Gasteiger charge is -2.38. The summed E-state index contributed by atoms with van der Waals surface area (Å²) in [6.45, 7) is 23.5. The number of hydrogen-bond donors (Lipinski definition) is 0. The highest BCUT2D eigenvalue weighted by atomic mass is 28.4. The number of rotatable bonds is 6. The Balaban J connectivity index is 3.03. The minimum absolute atomic E-state index is 0.0717. The Kier molecular flexibility index (Phi) is 7.79. The van der Waals surface area contributed by atoms with E-state index < -0.39 is 28.5 Å². The summed E-state index contributed by atoms with van der Waals surface area (Å²) < 4.78 is 17.8. The minimum Gasteiger partial charge on any atom is -0.519 e. The Morgan fingerprint density at radius 3 is 1.64 bits per heavy atom. The van der Waals surface area contributed by atoms with E-state index in [1.54, 1.807) is 6.92 Å². The third-order valence-electron chi connectivity index (χ3n) is 6.84. The fourth-order valence-electron chi connectivity index (χ4n) is 2.93. The maximum Gasteiger partial charge on any atom is 0.309 e. The molecule has 7 heteroatoms. The van der Waals surface area contributed by atoms with Crippen LogP contribution in [0.3, 0.4) is 0 Å². The predicted molar refractivity (Wildman–Crippen MR) is 118 cm³/mol. The fourth-order valence-corrected chi connectivity index (χ4v) is 5.27. The number of hydrogen-bond acceptors (Lipinski definition) is 5. The molecule has 1 saturated carbocycles. The van der Waals surface area contributed by atoms with Crippen molar-refractivity contribution in [3.05, 3.63) is 0 Å². The van der Waals surface area contributed by atoms with E-state index in [1.165, 1.54) is 0 Å². The van der Waals surface area contributed by atoms with Crippen molar-refractivity contribution in [3.63, 3.8) is 0 Å². The summed E-state index contributed by atoms with van der Waals surface area (Å²) in [5, 5.41) is 0.00386. The summed E-state index contributed by atoms with van der Waals surface area (Å²) in [5.74, 6) is -1.53. The molecular weight excluding hydrogens is 388 g/mol. The lowest BCUT2D eigenvalue weighted by molar-refractivity contribution is -0.155. The fraction of sp³-hybridized carbons (Fsp3) is 0.905. The first kappa shape index (κ1) is 25.4. The Morgan fingerprint density at radius 1 is 0.821 bits per heavy atom. The molecule has 0 aromatic heterocycles. The summed E-state index contributed by atoms with van der Waals surface area (Å²) >= 11 is 0. The summed E-state index contributed by atoms with van der Waals surface area (Å²) in [7, 11) is -4.24. The van der Waals surface area contributed by atoms with E-state index in [-0.39, 0.29) is 28.1 Å². The van der Waals surface area contributed by atoms with Crippen molar-refractivity contribution in [2.45, 2.75) is 104 Å². The molecule has 5 nitrogen and oxygen atoms in total. The lowest BCUT2D eigenvalue weighted by atomic mass is 9.96. The smallest absolute Gasteiger partial charge is 0.309 e. The van der Waals surface area contributed by atoms with E-state index in [0.29, 0.717) is 19.4 Å². The van der Waals surface area contributed by atoms with Crippen LogP contribution in [0.5, 0.6) is 0 Å². The van der Waals surface area contributed by atoms with Gasteiger partial charge < -0.3 is 13.6 Å². The molecule has 0 aromatic rings. The zero-order valence-corrected chi connectivity index (χ0v) is 21.9. The first-order chi connectivity index (χ1) is 12.4. The average molecular weight is 431 g/mol. The highest BCUT2D eigenvalue weighted by Gasteiger charge is 2.50. The SMILES string of the molecule is CCOC(=O)[C@@H]1CC(O[Si](C)(C)C(C)(C)C)C[C@H]1C(=O)O[Si](C)(C)C(C)(C)C. The van der Waals surface area contributed by atoms with Crippen molar-refractivity contribution in [1.82, 2.24) is 0 Å². The van der Waals surface area contributed by atoms with Gasteiger partial charge in [0.2, 0.25) is 0 Å². The normalized spacial score (nSPS) is 24.2. The first-order valence-corrected chi connectivity index (χ1v) is 16.3. The summed E-state index contributed by atoms with van der Waals surface area (Å²) in [6, 6.07) is 0. The van der Waals surface area contributed by atoms with E-state index >= 15 is 0 Å². The second kappa shape index (κ2) is 8.60. The molecule has 1 unspecified atom stereocenters. The Hall–Kier alpha value is -0.666. The van der Waals surface area contributed by atoms with Gasteiger partial charge in [0.15, 0.2) is 8.32 Å². The summed E-state index contributed by atoms with van der Waals surface area (Å²) in [5.41, 5.74) is 0. The van der Waals surface area contributed by atoms with Crippen LogP contribution in [0, 0.1) is 11.8 Å². The molecule has 1 aliphatic rings. The molecular formula is C21H42O5Si2. The van der Waals surface area contributed by atoms with E-state index in [0.717, 1.165) is 0 Å². The van der Waals surface area contributed by atoms with Crippen molar-refractivity contribution >= 4 is 28.6 Å². The molecule has 1 aliphatic carbocycles. The van der Waals surface area contributed by atoms with Gasteiger partial charge in [-0.2, -0.15) is 0 Å². The molecule has 0 radical (unpaired) electrons. The quantitative estimate of drug-likeness (QED) is 0.410. The number of ether oxygens (including phenoxy) is 1. The van der Waals surface area contributed by atoms with Gasteiger partial charge in [-0.25, -0.2) is 0 Å². The average Bonchev–Trinajstić information content (AvgIpc) is 2.88. The van der Waals surface area contributed by atoms with Gasteiger partial charge in [-0.05, 0) is 56.0 Å². The van der Waals surface area contributed by atoms with Gasteiger partial charge in [-0.3, -0.25) is 9.59 Å². The highest BCUT2D eigenvalue weighted by molar-refractivity contribution is 6.75. The van der Waals surface area contributed by atoms with E-state index in [9.17, 15) is 9.59 Å². The monoisotopic (exact) mass is 430 g/mol. The summed E-state index contributed by atoms with van der Waals surface area (Å²) in [6.07, 6.45) is 0.957. The molecule has 0 bridgehead atoms. The number of carbonyl (C=O) groups is 2. The second-order valence-electron chi connectivity index (χ2n) is 11.1. The van der Waals surface area contributed by atoms with Crippen molar-refractivity contribution in [3.8, 4) is 0 Å². The third kappa shape index (κ3) is 5.92. The van der Waals surface area contributed by atoms with Gasteiger partial charge in [0.1, 0.15) is 0 Å². The van der Waals surface area contributed by atoms with E-state index in [4.69, 9.17) is 13.6 Å². The zero-order valence-electron chi connectivity index (χ0n) is 19.9. The van der Waals surface area contributed by atoms with Gasteiger partial charge >= 0.3 is 5.97 Å². The van der Waals surface area contributed by atoms with Crippen LogP contribution in [0.1, 0.15) is 61.3 Å². The Bertz CT molecular complexity index is 572. The predicted octanol–water partition coefficient (Wildman–Crippen LogP) is 5.51. The molecule has 0 heterocycles. The molecule has 0 amide bonds. The molecule has 0 saturated heterocycles. The van der Waals surface area contributed by atoms with Crippen molar-refractivity contribution in [1.29, 1.82) is 0 Å². The number of carbonyl (C=O) groups excluding carboxylic acids is 2. The van der Waals surface area contributed by atoms with Crippen LogP contribution in [0.4, 0.5) is 0 Å². The third-order valence-corrected chi connectivity index (χ3v) is 15.7. The molecule has 164 valence electrons. The van der Waals surface area contributed by atoms with Crippen LogP contribution in [-0.2, 0) is 23.2 Å². The molecule has 0 N–H and O–H groups in total. The summed E-state index contributed by atoms with van der Waals surface area (Å²) in [4.78, 5) is 25.7. The van der Waals surface area contributed by atoms with E-state index in [1.807, 2.05) is 0 Å². The maximum absolute atomic E-state index is 13.1. The minimum atomic E-state index is -2.25. The second-order valence-corrected chi connectivity index (χ2v) is 20.6. The topological polar surface area (TPSA) is 61.8 Å². The molecule has 1 fully saturated rings. The van der Waals surface area contributed by atoms with Crippen LogP contribution in [0.15, 0.2) is 0 Å². The van der Waals surface area contributed by atoms with Crippen LogP contribution in [0.25, 0.3) is 0 Å². The Labute approximate surface area is 174 Å². The van der Waals surface area contributed by atoms with Crippen molar-refractivity contribution in [2.24, 2.45) is 11.8 Å². The van der Waals surface area contributed by atoms with Gasteiger partial charge in [0, 0.05) is 6.10 Å². The van der Waals surface area contributed by atoms with E-state index in [2.05, 4.69) is 67.7 Å². The molecule has 0 aromatic carbocycles. The van der Waals surface area contributed by atoms with Gasteiger partial charge in [-0.15, -0.1) is 0 Å². The van der Waals surface area contributed by atoms with Crippen LogP contribution in [-0.4, -0.2) is 41.3 Å². The lowest BCUT2D eigenvalue weighted by Crippen LogP contribution is -2.45. The van der Waals surface area contributed by atoms with Crippen molar-refractivity contribution in [2.75, 3.05) is 6.61 Å². The molecule has 0 spiro atoms. The Morgan fingerprint density at radius 2 is 1.25 bits per heavy atom. The largest absolute Gasteiger partial charge is 0.519 e. The van der Waals surface area contributed by atoms with Gasteiger partial charge in [-0.1, -0.05) is 41.5 Å². The number of esters is 1. The molecule has 28 heavy (non-hydrogen) atoms. The van der Waals surface area contributed by atoms with Crippen molar-refractivity contribution < 1.29 is 23.2 Å². The highest BCUT2D eigenvalue weighted by Crippen LogP contribution is 2.44. The van der Waals surface area contributed by atoms with Crippen LogP contribution < -0.4 is 0 Å².